The number of fused-ring (bicyclic) bond motifs is 10. The Morgan fingerprint density at radius 3 is 2.67 bits per heavy atom. The lowest BCUT2D eigenvalue weighted by Crippen LogP contribution is -2.27. The second-order valence-corrected chi connectivity index (χ2v) is 5.24. The molecule has 2 heterocycles. The van der Waals surface area contributed by atoms with Crippen LogP contribution in [-0.4, -0.2) is 24.4 Å². The molecule has 12 heavy (non-hydrogen) atoms. The lowest BCUT2D eigenvalue weighted by atomic mass is 9.81. The summed E-state index contributed by atoms with van der Waals surface area (Å²) in [5, 5.41) is 0. The number of ether oxygens (including phenoxy) is 2. The molecule has 0 aromatic carbocycles. The van der Waals surface area contributed by atoms with Crippen LogP contribution in [0.25, 0.3) is 0 Å². The molecule has 2 aliphatic heterocycles. The third-order valence-corrected chi connectivity index (χ3v) is 4.99. The van der Waals surface area contributed by atoms with Gasteiger partial charge in [-0.05, 0) is 36.5 Å². The Morgan fingerprint density at radius 2 is 1.67 bits per heavy atom. The van der Waals surface area contributed by atoms with Crippen molar-refractivity contribution in [2.45, 2.75) is 37.3 Å². The Bertz CT molecular complexity index is 273. The van der Waals surface area contributed by atoms with Crippen LogP contribution >= 0.6 is 0 Å². The van der Waals surface area contributed by atoms with Crippen molar-refractivity contribution in [1.82, 2.24) is 0 Å². The minimum atomic E-state index is 0.676. The number of hydrogen-bond donors (Lipinski definition) is 0. The van der Waals surface area contributed by atoms with Crippen molar-refractivity contribution >= 4 is 0 Å². The Kier molecular flexibility index (Phi) is 0.644. The van der Waals surface area contributed by atoms with Crippen molar-refractivity contribution in [3.63, 3.8) is 0 Å². The first-order chi connectivity index (χ1) is 5.93. The van der Waals surface area contributed by atoms with Crippen LogP contribution in [0, 0.1) is 23.7 Å². The van der Waals surface area contributed by atoms with Crippen molar-refractivity contribution < 1.29 is 9.47 Å². The van der Waals surface area contributed by atoms with Gasteiger partial charge in [0.1, 0.15) is 0 Å². The molecule has 0 aromatic rings. The molecule has 3 saturated carbocycles. The highest BCUT2D eigenvalue weighted by Gasteiger charge is 2.74. The smallest absolute Gasteiger partial charge is 0.0876 e. The van der Waals surface area contributed by atoms with Gasteiger partial charge in [0.15, 0.2) is 0 Å². The highest BCUT2D eigenvalue weighted by atomic mass is 16.6. The van der Waals surface area contributed by atoms with E-state index in [1.165, 1.54) is 12.8 Å². The zero-order chi connectivity index (χ0) is 7.45. The Morgan fingerprint density at radius 1 is 0.750 bits per heavy atom. The molecular weight excluding hydrogens is 152 g/mol. The molecule has 2 saturated heterocycles. The van der Waals surface area contributed by atoms with E-state index in [1.54, 1.807) is 0 Å². The first-order valence-corrected chi connectivity index (χ1v) is 5.24. The molecular formula is C10H12O2. The molecule has 0 amide bonds. The van der Waals surface area contributed by atoms with E-state index in [4.69, 9.17) is 9.47 Å². The Balaban J connectivity index is 1.66. The topological polar surface area (TPSA) is 25.1 Å². The summed E-state index contributed by atoms with van der Waals surface area (Å²) >= 11 is 0. The van der Waals surface area contributed by atoms with E-state index in [0.717, 1.165) is 23.7 Å². The van der Waals surface area contributed by atoms with Crippen molar-refractivity contribution in [1.29, 1.82) is 0 Å². The van der Waals surface area contributed by atoms with Gasteiger partial charge in [-0.1, -0.05) is 0 Å². The van der Waals surface area contributed by atoms with Gasteiger partial charge in [-0.3, -0.25) is 0 Å². The average molecular weight is 164 g/mol. The van der Waals surface area contributed by atoms with Gasteiger partial charge >= 0.3 is 0 Å². The maximum atomic E-state index is 5.69. The van der Waals surface area contributed by atoms with Crippen molar-refractivity contribution in [3.05, 3.63) is 0 Å². The Hall–Kier alpha value is -0.0800. The van der Waals surface area contributed by atoms with E-state index < -0.39 is 0 Å². The maximum Gasteiger partial charge on any atom is 0.0876 e. The van der Waals surface area contributed by atoms with Crippen LogP contribution in [0.15, 0.2) is 0 Å². The first-order valence-electron chi connectivity index (χ1n) is 5.24. The summed E-state index contributed by atoms with van der Waals surface area (Å²) in [5.41, 5.74) is 0. The number of epoxide rings is 2. The zero-order valence-corrected chi connectivity index (χ0v) is 6.85. The second-order valence-electron chi connectivity index (χ2n) is 5.24. The van der Waals surface area contributed by atoms with Gasteiger partial charge in [-0.2, -0.15) is 0 Å². The minimum Gasteiger partial charge on any atom is -0.369 e. The molecule has 8 atom stereocenters. The molecule has 0 spiro atoms. The summed E-state index contributed by atoms with van der Waals surface area (Å²) < 4.78 is 11.3. The maximum absolute atomic E-state index is 5.69. The molecule has 5 fully saturated rings. The van der Waals surface area contributed by atoms with Gasteiger partial charge in [0.2, 0.25) is 0 Å². The second kappa shape index (κ2) is 1.38. The van der Waals surface area contributed by atoms with Gasteiger partial charge in [0, 0.05) is 0 Å². The predicted octanol–water partition coefficient (Wildman–Crippen LogP) is 0.807. The SMILES string of the molecule is C1[C@H]2[C@H]3C[C@H]4O[C@H]4[C@H]3[C@@H]1[C@H]1O[C@@H]21. The molecule has 3 aliphatic carbocycles. The predicted molar refractivity (Wildman–Crippen MR) is 40.5 cm³/mol. The van der Waals surface area contributed by atoms with Gasteiger partial charge in [0.05, 0.1) is 24.4 Å². The standard InChI is InChI=1S/C10H12O2/c1-4-3-2-6-10(11-6)7(3)5(1)9-8(4)12-9/h3-10H,1-2H2/t3-,4+,5-,6-,7-,8+,9-,10-/m1/s1. The normalized spacial score (nSPS) is 80.0. The van der Waals surface area contributed by atoms with Crippen LogP contribution in [0.2, 0.25) is 0 Å². The van der Waals surface area contributed by atoms with E-state index in [1.807, 2.05) is 0 Å². The van der Waals surface area contributed by atoms with E-state index >= 15 is 0 Å². The van der Waals surface area contributed by atoms with Crippen LogP contribution in [0.1, 0.15) is 12.8 Å². The van der Waals surface area contributed by atoms with Crippen molar-refractivity contribution in [3.8, 4) is 0 Å². The third kappa shape index (κ3) is 0.409. The van der Waals surface area contributed by atoms with Crippen LogP contribution in [0.4, 0.5) is 0 Å². The fourth-order valence-electron chi connectivity index (χ4n) is 4.58. The van der Waals surface area contributed by atoms with Crippen molar-refractivity contribution in [2.24, 2.45) is 23.7 Å². The van der Waals surface area contributed by atoms with Crippen LogP contribution < -0.4 is 0 Å². The quantitative estimate of drug-likeness (QED) is 0.495. The Labute approximate surface area is 71.2 Å². The average Bonchev–Trinajstić information content (AvgIpc) is 2.92. The van der Waals surface area contributed by atoms with Crippen LogP contribution in [0.3, 0.4) is 0 Å². The molecule has 0 radical (unpaired) electrons. The van der Waals surface area contributed by atoms with E-state index in [2.05, 4.69) is 0 Å². The third-order valence-electron chi connectivity index (χ3n) is 4.99. The highest BCUT2D eigenvalue weighted by Crippen LogP contribution is 2.69. The summed E-state index contributed by atoms with van der Waals surface area (Å²) in [6.07, 6.45) is 5.58. The van der Waals surface area contributed by atoms with Gasteiger partial charge in [-0.15, -0.1) is 0 Å². The summed E-state index contributed by atoms with van der Waals surface area (Å²) in [6, 6.07) is 0. The van der Waals surface area contributed by atoms with E-state index in [0.29, 0.717) is 24.4 Å². The summed E-state index contributed by atoms with van der Waals surface area (Å²) in [6.45, 7) is 0. The molecule has 2 heteroatoms. The van der Waals surface area contributed by atoms with Crippen LogP contribution in [-0.2, 0) is 9.47 Å². The summed E-state index contributed by atoms with van der Waals surface area (Å²) in [7, 11) is 0. The lowest BCUT2D eigenvalue weighted by Gasteiger charge is -2.22. The van der Waals surface area contributed by atoms with Gasteiger partial charge in [0.25, 0.3) is 0 Å². The van der Waals surface area contributed by atoms with E-state index in [9.17, 15) is 0 Å². The molecule has 2 nitrogen and oxygen atoms in total. The number of hydrogen-bond acceptors (Lipinski definition) is 2. The van der Waals surface area contributed by atoms with Crippen molar-refractivity contribution in [2.75, 3.05) is 0 Å². The van der Waals surface area contributed by atoms with E-state index in [-0.39, 0.29) is 0 Å². The lowest BCUT2D eigenvalue weighted by molar-refractivity contribution is 0.162. The number of rotatable bonds is 0. The van der Waals surface area contributed by atoms with Gasteiger partial charge < -0.3 is 9.47 Å². The fourth-order valence-corrected chi connectivity index (χ4v) is 4.58. The molecule has 2 bridgehead atoms. The molecule has 0 unspecified atom stereocenters. The molecule has 0 aromatic heterocycles. The summed E-state index contributed by atoms with van der Waals surface area (Å²) in [4.78, 5) is 0. The minimum absolute atomic E-state index is 0.676. The molecule has 5 rings (SSSR count). The molecule has 64 valence electrons. The first kappa shape index (κ1) is 5.61. The largest absolute Gasteiger partial charge is 0.369 e. The molecule has 5 aliphatic rings. The highest BCUT2D eigenvalue weighted by molar-refractivity contribution is 5.21. The van der Waals surface area contributed by atoms with Crippen LogP contribution in [0.5, 0.6) is 0 Å². The fraction of sp³-hybridized carbons (Fsp3) is 1.00. The summed E-state index contributed by atoms with van der Waals surface area (Å²) in [5.74, 6) is 3.77. The monoisotopic (exact) mass is 164 g/mol. The molecule has 0 N–H and O–H groups in total. The zero-order valence-electron chi connectivity index (χ0n) is 6.85. The van der Waals surface area contributed by atoms with Gasteiger partial charge in [-0.25, -0.2) is 0 Å².